The molecule has 0 unspecified atom stereocenters. The molecular weight excluding hydrogens is 309 g/mol. The summed E-state index contributed by atoms with van der Waals surface area (Å²) in [7, 11) is 0. The van der Waals surface area contributed by atoms with Crippen LogP contribution in [-0.2, 0) is 6.54 Å². The lowest BCUT2D eigenvalue weighted by molar-refractivity contribution is 0.172. The molecule has 6 heteroatoms. The van der Waals surface area contributed by atoms with E-state index in [0.717, 1.165) is 31.3 Å². The zero-order valence-electron chi connectivity index (χ0n) is 12.4. The Balaban J connectivity index is 1.88. The number of hydrogen-bond acceptors (Lipinski definition) is 2. The van der Waals surface area contributed by atoms with Gasteiger partial charge in [0.25, 0.3) is 0 Å². The third-order valence-electron chi connectivity index (χ3n) is 3.52. The summed E-state index contributed by atoms with van der Waals surface area (Å²) in [6.45, 7) is 8.10. The molecule has 0 saturated carbocycles. The molecule has 0 radical (unpaired) electrons. The van der Waals surface area contributed by atoms with E-state index in [9.17, 15) is 4.39 Å². The Kier molecular flexibility index (Phi) is 5.79. The molecule has 1 aliphatic heterocycles. The molecule has 0 bridgehead atoms. The van der Waals surface area contributed by atoms with Crippen molar-refractivity contribution in [2.45, 2.75) is 26.4 Å². The van der Waals surface area contributed by atoms with Gasteiger partial charge < -0.3 is 10.2 Å². The second-order valence-corrected chi connectivity index (χ2v) is 6.36. The molecular formula is C15H21ClFN3S. The van der Waals surface area contributed by atoms with Crippen LogP contribution < -0.4 is 5.32 Å². The highest BCUT2D eigenvalue weighted by Gasteiger charge is 2.20. The summed E-state index contributed by atoms with van der Waals surface area (Å²) in [5.41, 5.74) is 0.579. The minimum absolute atomic E-state index is 0.234. The minimum Gasteiger partial charge on any atom is -0.360 e. The molecule has 116 valence electrons. The molecule has 2 rings (SSSR count). The van der Waals surface area contributed by atoms with Crippen LogP contribution in [0.2, 0.25) is 5.02 Å². The monoisotopic (exact) mass is 329 g/mol. The van der Waals surface area contributed by atoms with Crippen LogP contribution in [0.3, 0.4) is 0 Å². The number of hydrogen-bond donors (Lipinski definition) is 1. The molecule has 1 aromatic carbocycles. The number of piperazine rings is 1. The van der Waals surface area contributed by atoms with Crippen molar-refractivity contribution in [1.82, 2.24) is 15.1 Å². The fraction of sp³-hybridized carbons (Fsp3) is 0.533. The van der Waals surface area contributed by atoms with Crippen LogP contribution in [0.5, 0.6) is 0 Å². The molecule has 1 aliphatic rings. The van der Waals surface area contributed by atoms with Gasteiger partial charge in [0.05, 0.1) is 0 Å². The summed E-state index contributed by atoms with van der Waals surface area (Å²) in [6.07, 6.45) is 0. The van der Waals surface area contributed by atoms with E-state index in [4.69, 9.17) is 23.8 Å². The van der Waals surface area contributed by atoms with Crippen LogP contribution in [0.4, 0.5) is 4.39 Å². The second kappa shape index (κ2) is 7.38. The summed E-state index contributed by atoms with van der Waals surface area (Å²) < 4.78 is 13.8. The molecule has 0 atom stereocenters. The summed E-state index contributed by atoms with van der Waals surface area (Å²) in [5, 5.41) is 4.55. The average Bonchev–Trinajstić information content (AvgIpc) is 2.43. The van der Waals surface area contributed by atoms with Crippen molar-refractivity contribution in [3.63, 3.8) is 0 Å². The molecule has 0 aromatic heterocycles. The number of benzene rings is 1. The summed E-state index contributed by atoms with van der Waals surface area (Å²) in [6, 6.07) is 5.17. The first kappa shape index (κ1) is 16.5. The third kappa shape index (κ3) is 4.53. The summed E-state index contributed by atoms with van der Waals surface area (Å²) in [4.78, 5) is 4.37. The fourth-order valence-corrected chi connectivity index (χ4v) is 3.00. The van der Waals surface area contributed by atoms with Crippen LogP contribution >= 0.6 is 23.8 Å². The number of rotatable bonds is 3. The van der Waals surface area contributed by atoms with Crippen molar-refractivity contribution < 1.29 is 4.39 Å². The molecule has 1 aromatic rings. The lowest BCUT2D eigenvalue weighted by Gasteiger charge is -2.36. The third-order valence-corrected chi connectivity index (χ3v) is 4.25. The summed E-state index contributed by atoms with van der Waals surface area (Å²) in [5.74, 6) is -0.234. The topological polar surface area (TPSA) is 18.5 Å². The molecule has 0 spiro atoms. The van der Waals surface area contributed by atoms with Crippen molar-refractivity contribution in [1.29, 1.82) is 0 Å². The van der Waals surface area contributed by atoms with E-state index in [1.165, 1.54) is 6.07 Å². The van der Waals surface area contributed by atoms with Gasteiger partial charge in [-0.15, -0.1) is 0 Å². The van der Waals surface area contributed by atoms with E-state index in [-0.39, 0.29) is 5.82 Å². The van der Waals surface area contributed by atoms with Crippen LogP contribution in [0.1, 0.15) is 19.4 Å². The molecule has 3 nitrogen and oxygen atoms in total. The van der Waals surface area contributed by atoms with E-state index in [1.807, 2.05) is 0 Å². The van der Waals surface area contributed by atoms with Crippen molar-refractivity contribution in [3.05, 3.63) is 34.6 Å². The van der Waals surface area contributed by atoms with Gasteiger partial charge in [0.2, 0.25) is 0 Å². The van der Waals surface area contributed by atoms with Gasteiger partial charge in [-0.3, -0.25) is 4.90 Å². The molecule has 21 heavy (non-hydrogen) atoms. The Labute approximate surface area is 136 Å². The van der Waals surface area contributed by atoms with Crippen LogP contribution in [0.25, 0.3) is 0 Å². The smallest absolute Gasteiger partial charge is 0.169 e. The highest BCUT2D eigenvalue weighted by atomic mass is 35.5. The number of halogens is 2. The highest BCUT2D eigenvalue weighted by Crippen LogP contribution is 2.21. The zero-order valence-corrected chi connectivity index (χ0v) is 14.0. The maximum Gasteiger partial charge on any atom is 0.169 e. The molecule has 0 amide bonds. The van der Waals surface area contributed by atoms with Gasteiger partial charge in [-0.25, -0.2) is 4.39 Å². The van der Waals surface area contributed by atoms with E-state index < -0.39 is 0 Å². The largest absolute Gasteiger partial charge is 0.360 e. The Bertz CT molecular complexity index is 481. The number of thiocarbonyl (C=S) groups is 1. The maximum absolute atomic E-state index is 13.8. The van der Waals surface area contributed by atoms with Gasteiger partial charge in [-0.2, -0.15) is 0 Å². The molecule has 1 N–H and O–H groups in total. The van der Waals surface area contributed by atoms with E-state index >= 15 is 0 Å². The molecule has 1 fully saturated rings. The predicted octanol–water partition coefficient (Wildman–Crippen LogP) is 2.88. The van der Waals surface area contributed by atoms with E-state index in [0.29, 0.717) is 23.2 Å². The van der Waals surface area contributed by atoms with Gasteiger partial charge in [0.1, 0.15) is 5.82 Å². The van der Waals surface area contributed by atoms with Crippen molar-refractivity contribution in [2.75, 3.05) is 26.2 Å². The van der Waals surface area contributed by atoms with E-state index in [2.05, 4.69) is 29.0 Å². The van der Waals surface area contributed by atoms with Crippen LogP contribution in [0.15, 0.2) is 18.2 Å². The first-order valence-corrected chi connectivity index (χ1v) is 7.96. The Hall–Kier alpha value is -0.910. The van der Waals surface area contributed by atoms with Crippen LogP contribution in [0, 0.1) is 5.82 Å². The molecule has 0 aliphatic carbocycles. The Morgan fingerprint density at radius 2 is 2.00 bits per heavy atom. The number of nitrogens with one attached hydrogen (secondary N) is 1. The second-order valence-electron chi connectivity index (χ2n) is 5.57. The molecule has 1 heterocycles. The minimum atomic E-state index is -0.234. The lowest BCUT2D eigenvalue weighted by Crippen LogP contribution is -2.52. The van der Waals surface area contributed by atoms with Crippen molar-refractivity contribution in [3.8, 4) is 0 Å². The van der Waals surface area contributed by atoms with Crippen molar-refractivity contribution in [2.24, 2.45) is 0 Å². The van der Waals surface area contributed by atoms with Gasteiger partial charge >= 0.3 is 0 Å². The average molecular weight is 330 g/mol. The Morgan fingerprint density at radius 3 is 2.57 bits per heavy atom. The van der Waals surface area contributed by atoms with Crippen molar-refractivity contribution >= 4 is 28.9 Å². The summed E-state index contributed by atoms with van der Waals surface area (Å²) >= 11 is 11.5. The highest BCUT2D eigenvalue weighted by molar-refractivity contribution is 7.80. The fourth-order valence-electron chi connectivity index (χ4n) is 2.35. The van der Waals surface area contributed by atoms with Crippen LogP contribution in [-0.4, -0.2) is 47.1 Å². The quantitative estimate of drug-likeness (QED) is 0.859. The normalized spacial score (nSPS) is 16.3. The maximum atomic E-state index is 13.8. The zero-order chi connectivity index (χ0) is 15.4. The van der Waals surface area contributed by atoms with E-state index in [1.54, 1.807) is 12.1 Å². The van der Waals surface area contributed by atoms with Gasteiger partial charge in [0.15, 0.2) is 5.11 Å². The predicted molar refractivity (Wildman–Crippen MR) is 89.1 cm³/mol. The van der Waals surface area contributed by atoms with Gasteiger partial charge in [0, 0.05) is 49.4 Å². The van der Waals surface area contributed by atoms with Gasteiger partial charge in [-0.05, 0) is 38.2 Å². The molecule has 1 saturated heterocycles. The first-order valence-electron chi connectivity index (χ1n) is 7.18. The Morgan fingerprint density at radius 1 is 1.33 bits per heavy atom. The standard InChI is InChI=1S/C15H21ClFN3S/c1-11(2)18-15(21)20-8-6-19(7-9-20)10-12-13(16)4-3-5-14(12)17/h3-5,11H,6-10H2,1-2H3,(H,18,21). The van der Waals surface area contributed by atoms with Gasteiger partial charge in [-0.1, -0.05) is 17.7 Å². The lowest BCUT2D eigenvalue weighted by atomic mass is 10.2. The first-order chi connectivity index (χ1) is 9.97. The SMILES string of the molecule is CC(C)NC(=S)N1CCN(Cc2c(F)cccc2Cl)CC1. The number of nitrogens with zero attached hydrogens (tertiary/aromatic N) is 2.